The van der Waals surface area contributed by atoms with E-state index in [0.29, 0.717) is 6.42 Å². The molecule has 0 aliphatic rings. The Bertz CT molecular complexity index is 90.3. The first-order valence-electron chi connectivity index (χ1n) is 5.17. The summed E-state index contributed by atoms with van der Waals surface area (Å²) in [6.07, 6.45) is 5.30. The van der Waals surface area contributed by atoms with Crippen LogP contribution in [-0.4, -0.2) is 27.7 Å². The maximum absolute atomic E-state index is 8.96. The van der Waals surface area contributed by atoms with Crippen molar-refractivity contribution in [3.05, 3.63) is 0 Å². The first-order chi connectivity index (χ1) is 6.13. The number of aliphatic hydroxyl groups is 3. The van der Waals surface area contributed by atoms with Gasteiger partial charge in [-0.1, -0.05) is 25.7 Å². The number of hydrogen-bond acceptors (Lipinski definition) is 3. The van der Waals surface area contributed by atoms with Gasteiger partial charge in [0.2, 0.25) is 0 Å². The van der Waals surface area contributed by atoms with Gasteiger partial charge in [0.25, 0.3) is 0 Å². The topological polar surface area (TPSA) is 60.7 Å². The van der Waals surface area contributed by atoms with Crippen molar-refractivity contribution in [2.24, 2.45) is 0 Å². The van der Waals surface area contributed by atoms with Crippen molar-refractivity contribution in [2.45, 2.75) is 64.3 Å². The molecule has 0 rings (SSSR count). The summed E-state index contributed by atoms with van der Waals surface area (Å²) in [6.45, 7) is 1.81. The van der Waals surface area contributed by atoms with Crippen LogP contribution in [0.4, 0.5) is 0 Å². The van der Waals surface area contributed by atoms with Crippen LogP contribution in [0.15, 0.2) is 0 Å². The number of aliphatic hydroxyl groups excluding tert-OH is 2. The molecular weight excluding hydrogens is 168 g/mol. The van der Waals surface area contributed by atoms with Crippen molar-refractivity contribution < 1.29 is 15.3 Å². The highest BCUT2D eigenvalue weighted by molar-refractivity contribution is 4.50. The molecule has 0 bridgehead atoms. The lowest BCUT2D eigenvalue weighted by atomic mass is 10.1. The van der Waals surface area contributed by atoms with Crippen molar-refractivity contribution in [1.82, 2.24) is 0 Å². The summed E-state index contributed by atoms with van der Waals surface area (Å²) >= 11 is 0. The molecule has 0 saturated heterocycles. The van der Waals surface area contributed by atoms with Gasteiger partial charge in [-0.3, -0.25) is 0 Å². The predicted octanol–water partition coefficient (Wildman–Crippen LogP) is 1.41. The maximum atomic E-state index is 8.96. The minimum absolute atomic E-state index is 0.181. The molecule has 0 saturated carbocycles. The van der Waals surface area contributed by atoms with Crippen LogP contribution in [0.3, 0.4) is 0 Å². The fourth-order valence-electron chi connectivity index (χ4n) is 1.30. The lowest BCUT2D eigenvalue weighted by Crippen LogP contribution is -2.03. The zero-order valence-corrected chi connectivity index (χ0v) is 8.45. The molecule has 80 valence electrons. The summed E-state index contributed by atoms with van der Waals surface area (Å²) in [5.41, 5.74) is 0. The minimum atomic E-state index is -1.14. The highest BCUT2D eigenvalue weighted by atomic mass is 16.5. The van der Waals surface area contributed by atoms with Gasteiger partial charge in [-0.25, -0.2) is 0 Å². The van der Waals surface area contributed by atoms with E-state index in [0.717, 1.165) is 38.5 Å². The van der Waals surface area contributed by atoms with Gasteiger partial charge in [0, 0.05) is 0 Å². The number of unbranched alkanes of at least 4 members (excludes halogenated alkanes) is 4. The summed E-state index contributed by atoms with van der Waals surface area (Å²) < 4.78 is 0. The van der Waals surface area contributed by atoms with Crippen molar-refractivity contribution in [2.75, 3.05) is 0 Å². The Morgan fingerprint density at radius 1 is 0.769 bits per heavy atom. The van der Waals surface area contributed by atoms with Crippen molar-refractivity contribution in [3.63, 3.8) is 0 Å². The van der Waals surface area contributed by atoms with E-state index in [1.54, 1.807) is 0 Å². The van der Waals surface area contributed by atoms with Gasteiger partial charge in [-0.15, -0.1) is 0 Å². The molecule has 0 fully saturated rings. The second-order valence-electron chi connectivity index (χ2n) is 3.67. The standard InChI is InChI=1S/C10H22O3/c1-9(11)7-5-3-2-4-6-8-10(12)13/h9-13H,2-8H2,1H3. The maximum Gasteiger partial charge on any atom is 0.151 e. The van der Waals surface area contributed by atoms with E-state index in [9.17, 15) is 0 Å². The fourth-order valence-corrected chi connectivity index (χ4v) is 1.30. The molecule has 0 aliphatic heterocycles. The highest BCUT2D eigenvalue weighted by Crippen LogP contribution is 2.09. The number of rotatable bonds is 8. The third kappa shape index (κ3) is 11.9. The van der Waals surface area contributed by atoms with E-state index < -0.39 is 6.29 Å². The molecule has 0 aromatic rings. The third-order valence-corrected chi connectivity index (χ3v) is 2.08. The second-order valence-corrected chi connectivity index (χ2v) is 3.67. The Morgan fingerprint density at radius 2 is 1.23 bits per heavy atom. The van der Waals surface area contributed by atoms with E-state index in [1.807, 2.05) is 6.92 Å². The van der Waals surface area contributed by atoms with Crippen LogP contribution in [0.1, 0.15) is 51.9 Å². The van der Waals surface area contributed by atoms with Crippen molar-refractivity contribution in [1.29, 1.82) is 0 Å². The molecule has 3 N–H and O–H groups in total. The second kappa shape index (κ2) is 8.48. The van der Waals surface area contributed by atoms with E-state index >= 15 is 0 Å². The summed E-state index contributed by atoms with van der Waals surface area (Å²) in [6, 6.07) is 0. The van der Waals surface area contributed by atoms with Gasteiger partial charge in [-0.2, -0.15) is 0 Å². The predicted molar refractivity (Wildman–Crippen MR) is 52.2 cm³/mol. The van der Waals surface area contributed by atoms with Crippen LogP contribution in [0.5, 0.6) is 0 Å². The third-order valence-electron chi connectivity index (χ3n) is 2.08. The first kappa shape index (κ1) is 12.9. The normalized spacial score (nSPS) is 13.6. The molecule has 0 heterocycles. The molecule has 3 heteroatoms. The Kier molecular flexibility index (Phi) is 8.40. The van der Waals surface area contributed by atoms with Gasteiger partial charge < -0.3 is 15.3 Å². The van der Waals surface area contributed by atoms with Crippen LogP contribution in [0.2, 0.25) is 0 Å². The minimum Gasteiger partial charge on any atom is -0.393 e. The molecule has 13 heavy (non-hydrogen) atoms. The van der Waals surface area contributed by atoms with Crippen LogP contribution >= 0.6 is 0 Å². The summed E-state index contributed by atoms with van der Waals surface area (Å²) in [5.74, 6) is 0. The number of hydrogen-bond donors (Lipinski definition) is 3. The average Bonchev–Trinajstić information content (AvgIpc) is 2.01. The van der Waals surface area contributed by atoms with Gasteiger partial charge in [0.15, 0.2) is 6.29 Å². The van der Waals surface area contributed by atoms with Crippen LogP contribution < -0.4 is 0 Å². The van der Waals surface area contributed by atoms with E-state index in [4.69, 9.17) is 15.3 Å². The summed E-state index contributed by atoms with van der Waals surface area (Å²) in [5, 5.41) is 26.1. The summed E-state index contributed by atoms with van der Waals surface area (Å²) in [7, 11) is 0. The molecule has 0 aromatic heterocycles. The SMILES string of the molecule is CC(O)CCCCCCCC(O)O. The molecule has 1 unspecified atom stereocenters. The monoisotopic (exact) mass is 190 g/mol. The first-order valence-corrected chi connectivity index (χ1v) is 5.17. The van der Waals surface area contributed by atoms with Crippen molar-refractivity contribution >= 4 is 0 Å². The van der Waals surface area contributed by atoms with Gasteiger partial charge in [0.1, 0.15) is 0 Å². The Labute approximate surface area is 80.4 Å². The smallest absolute Gasteiger partial charge is 0.151 e. The average molecular weight is 190 g/mol. The van der Waals surface area contributed by atoms with E-state index in [1.165, 1.54) is 0 Å². The Hall–Kier alpha value is -0.120. The lowest BCUT2D eigenvalue weighted by molar-refractivity contribution is -0.0466. The Morgan fingerprint density at radius 3 is 1.69 bits per heavy atom. The van der Waals surface area contributed by atoms with Crippen molar-refractivity contribution in [3.8, 4) is 0 Å². The van der Waals surface area contributed by atoms with Crippen LogP contribution in [0, 0.1) is 0 Å². The molecule has 0 amide bonds. The lowest BCUT2D eigenvalue weighted by Gasteiger charge is -2.04. The highest BCUT2D eigenvalue weighted by Gasteiger charge is 1.98. The van der Waals surface area contributed by atoms with Crippen LogP contribution in [-0.2, 0) is 0 Å². The van der Waals surface area contributed by atoms with Crippen LogP contribution in [0.25, 0.3) is 0 Å². The van der Waals surface area contributed by atoms with E-state index in [2.05, 4.69) is 0 Å². The largest absolute Gasteiger partial charge is 0.393 e. The zero-order valence-electron chi connectivity index (χ0n) is 8.45. The molecule has 1 atom stereocenters. The van der Waals surface area contributed by atoms with Gasteiger partial charge >= 0.3 is 0 Å². The molecule has 0 aromatic carbocycles. The molecule has 0 spiro atoms. The summed E-state index contributed by atoms with van der Waals surface area (Å²) in [4.78, 5) is 0. The zero-order chi connectivity index (χ0) is 10.1. The fraction of sp³-hybridized carbons (Fsp3) is 1.00. The van der Waals surface area contributed by atoms with Gasteiger partial charge in [-0.05, 0) is 26.2 Å². The molecule has 0 radical (unpaired) electrons. The quantitative estimate of drug-likeness (QED) is 0.400. The Balaban J connectivity index is 2.92. The molecule has 0 aliphatic carbocycles. The molecular formula is C10H22O3. The van der Waals surface area contributed by atoms with E-state index in [-0.39, 0.29) is 6.10 Å². The molecule has 3 nitrogen and oxygen atoms in total. The van der Waals surface area contributed by atoms with Gasteiger partial charge in [0.05, 0.1) is 6.10 Å².